The van der Waals surface area contributed by atoms with Gasteiger partial charge in [-0.25, -0.2) is 27.0 Å². The SMILES string of the molecule is CC(C)(C)OC(=O)N1CCC(c2ccc(S(N)(=O)=O)cc2F)CC1=S=O. The van der Waals surface area contributed by atoms with Crippen LogP contribution in [0.4, 0.5) is 9.18 Å². The lowest BCUT2D eigenvalue weighted by molar-refractivity contribution is 0.0355. The van der Waals surface area contributed by atoms with Gasteiger partial charge in [-0.3, -0.25) is 4.90 Å². The van der Waals surface area contributed by atoms with Crippen molar-refractivity contribution < 1.29 is 26.5 Å². The van der Waals surface area contributed by atoms with Crippen LogP contribution in [0, 0.1) is 5.82 Å². The van der Waals surface area contributed by atoms with Gasteiger partial charge in [0.1, 0.15) is 27.7 Å². The third-order valence-corrected chi connectivity index (χ3v) is 5.36. The summed E-state index contributed by atoms with van der Waals surface area (Å²) >= 11 is 0.173. The number of carbonyl (C=O) groups excluding carboxylic acids is 1. The Hall–Kier alpha value is -1.78. The third kappa shape index (κ3) is 4.89. The molecule has 1 saturated heterocycles. The summed E-state index contributed by atoms with van der Waals surface area (Å²) in [7, 11) is -3.99. The van der Waals surface area contributed by atoms with Crippen molar-refractivity contribution in [2.24, 2.45) is 5.14 Å². The molecule has 2 rings (SSSR count). The number of likely N-dealkylation sites (tertiary alicyclic amines) is 1. The zero-order valence-corrected chi connectivity index (χ0v) is 16.3. The molecule has 0 radical (unpaired) electrons. The van der Waals surface area contributed by atoms with E-state index >= 15 is 0 Å². The Morgan fingerprint density at radius 2 is 2.04 bits per heavy atom. The Morgan fingerprint density at radius 3 is 2.54 bits per heavy atom. The molecule has 1 aliphatic rings. The van der Waals surface area contributed by atoms with E-state index in [-0.39, 0.29) is 45.6 Å². The third-order valence-electron chi connectivity index (χ3n) is 3.87. The summed E-state index contributed by atoms with van der Waals surface area (Å²) in [6.45, 7) is 5.39. The predicted octanol–water partition coefficient (Wildman–Crippen LogP) is 1.93. The minimum Gasteiger partial charge on any atom is -0.443 e. The van der Waals surface area contributed by atoms with Crippen LogP contribution in [0.2, 0.25) is 0 Å². The van der Waals surface area contributed by atoms with Crippen molar-refractivity contribution in [3.05, 3.63) is 29.6 Å². The summed E-state index contributed by atoms with van der Waals surface area (Å²) in [5.74, 6) is -1.05. The van der Waals surface area contributed by atoms with Gasteiger partial charge in [-0.15, -0.1) is 0 Å². The largest absolute Gasteiger partial charge is 0.443 e. The maximum Gasteiger partial charge on any atom is 0.415 e. The number of sulfonamides is 1. The van der Waals surface area contributed by atoms with Crippen molar-refractivity contribution in [3.8, 4) is 0 Å². The Balaban J connectivity index is 2.22. The smallest absolute Gasteiger partial charge is 0.415 e. The highest BCUT2D eigenvalue weighted by Crippen LogP contribution is 2.32. The summed E-state index contributed by atoms with van der Waals surface area (Å²) in [4.78, 5) is 13.4. The molecule has 1 atom stereocenters. The second-order valence-corrected chi connectivity index (χ2v) is 9.23. The van der Waals surface area contributed by atoms with E-state index in [0.29, 0.717) is 6.42 Å². The zero-order valence-electron chi connectivity index (χ0n) is 14.7. The van der Waals surface area contributed by atoms with Crippen molar-refractivity contribution in [1.29, 1.82) is 0 Å². The molecule has 1 fully saturated rings. The molecule has 1 heterocycles. The molecule has 0 spiro atoms. The van der Waals surface area contributed by atoms with Gasteiger partial charge in [-0.1, -0.05) is 6.07 Å². The van der Waals surface area contributed by atoms with Crippen molar-refractivity contribution in [2.75, 3.05) is 6.54 Å². The van der Waals surface area contributed by atoms with Gasteiger partial charge in [0.15, 0.2) is 0 Å². The van der Waals surface area contributed by atoms with Crippen molar-refractivity contribution in [2.45, 2.75) is 50.0 Å². The summed E-state index contributed by atoms with van der Waals surface area (Å²) in [6, 6.07) is 3.46. The van der Waals surface area contributed by atoms with Crippen LogP contribution < -0.4 is 5.14 Å². The zero-order chi connectivity index (χ0) is 19.7. The Bertz CT molecular complexity index is 873. The van der Waals surface area contributed by atoms with Gasteiger partial charge in [0.2, 0.25) is 10.0 Å². The van der Waals surface area contributed by atoms with Crippen LogP contribution in [0.3, 0.4) is 0 Å². The number of benzene rings is 1. The van der Waals surface area contributed by atoms with Gasteiger partial charge in [0.05, 0.1) is 4.90 Å². The maximum absolute atomic E-state index is 14.4. The first-order chi connectivity index (χ1) is 11.9. The number of halogens is 1. The Kier molecular flexibility index (Phi) is 5.89. The van der Waals surface area contributed by atoms with Gasteiger partial charge in [-0.2, -0.15) is 0 Å². The molecule has 26 heavy (non-hydrogen) atoms. The quantitative estimate of drug-likeness (QED) is 0.758. The van der Waals surface area contributed by atoms with Crippen molar-refractivity contribution >= 4 is 32.4 Å². The number of primary sulfonamides is 1. The maximum atomic E-state index is 14.4. The van der Waals surface area contributed by atoms with Crippen molar-refractivity contribution in [3.63, 3.8) is 0 Å². The molecule has 144 valence electrons. The normalized spacial score (nSPS) is 18.6. The fourth-order valence-corrected chi connectivity index (χ4v) is 3.75. The predicted molar refractivity (Wildman–Crippen MR) is 95.8 cm³/mol. The second kappa shape index (κ2) is 7.45. The van der Waals surface area contributed by atoms with Crippen LogP contribution >= 0.6 is 0 Å². The molecular formula is C16H21FN2O5S2. The molecule has 0 bridgehead atoms. The van der Waals surface area contributed by atoms with Gasteiger partial charge in [0, 0.05) is 13.0 Å². The monoisotopic (exact) mass is 404 g/mol. The number of hydrogen-bond donors (Lipinski definition) is 1. The molecule has 10 heteroatoms. The lowest BCUT2D eigenvalue weighted by atomic mass is 9.89. The standard InChI is InChI=1S/C16H21FN2O5S2/c1-16(2,3)24-15(20)19-7-6-10(8-14(19)25-21)12-5-4-11(9-13(12)17)26(18,22)23/h4-5,9-10H,6-8H2,1-3H3,(H2,18,22,23). The molecule has 0 aliphatic carbocycles. The number of hydrogen-bond acceptors (Lipinski definition) is 5. The molecule has 0 saturated carbocycles. The minimum atomic E-state index is -3.99. The van der Waals surface area contributed by atoms with E-state index in [1.807, 2.05) is 0 Å². The highest BCUT2D eigenvalue weighted by molar-refractivity contribution is 7.89. The molecule has 1 amide bonds. The molecule has 7 nitrogen and oxygen atoms in total. The van der Waals surface area contributed by atoms with Crippen molar-refractivity contribution in [1.82, 2.24) is 4.90 Å². The van der Waals surface area contributed by atoms with E-state index in [4.69, 9.17) is 9.88 Å². The Morgan fingerprint density at radius 1 is 1.38 bits per heavy atom. The average Bonchev–Trinajstić information content (AvgIpc) is 2.51. The number of carbonyl (C=O) groups is 1. The fraction of sp³-hybridized carbons (Fsp3) is 0.500. The minimum absolute atomic E-state index is 0.166. The number of amides is 1. The lowest BCUT2D eigenvalue weighted by Gasteiger charge is -2.33. The summed E-state index contributed by atoms with van der Waals surface area (Å²) in [5, 5.41) is 5.00. The number of ether oxygens (including phenoxy) is 1. The van der Waals surface area contributed by atoms with Gasteiger partial charge in [0.25, 0.3) is 0 Å². The van der Waals surface area contributed by atoms with E-state index in [9.17, 15) is 21.8 Å². The Labute approximate surface area is 155 Å². The number of nitrogens with zero attached hydrogens (tertiary/aromatic N) is 1. The average molecular weight is 404 g/mol. The van der Waals surface area contributed by atoms with Gasteiger partial charge >= 0.3 is 6.09 Å². The van der Waals surface area contributed by atoms with Crippen LogP contribution in [0.5, 0.6) is 0 Å². The number of piperidine rings is 1. The first kappa shape index (κ1) is 20.5. The van der Waals surface area contributed by atoms with Crippen LogP contribution in [0.25, 0.3) is 0 Å². The van der Waals surface area contributed by atoms with E-state index in [0.717, 1.165) is 6.07 Å². The van der Waals surface area contributed by atoms with Gasteiger partial charge in [-0.05, 0) is 50.8 Å². The second-order valence-electron chi connectivity index (χ2n) is 7.03. The van der Waals surface area contributed by atoms with E-state index in [1.165, 1.54) is 17.0 Å². The summed E-state index contributed by atoms with van der Waals surface area (Å²) in [5.41, 5.74) is -0.407. The van der Waals surface area contributed by atoms with Crippen LogP contribution in [-0.2, 0) is 26.0 Å². The first-order valence-corrected chi connectivity index (χ1v) is 10.2. The van der Waals surface area contributed by atoms with E-state index in [2.05, 4.69) is 0 Å². The van der Waals surface area contributed by atoms with E-state index in [1.54, 1.807) is 20.8 Å². The highest BCUT2D eigenvalue weighted by Gasteiger charge is 2.33. The van der Waals surface area contributed by atoms with E-state index < -0.39 is 27.5 Å². The number of rotatable bonds is 2. The molecule has 1 aliphatic heterocycles. The molecule has 2 N–H and O–H groups in total. The molecular weight excluding hydrogens is 383 g/mol. The summed E-state index contributed by atoms with van der Waals surface area (Å²) < 4.78 is 53.7. The molecule has 1 unspecified atom stereocenters. The molecule has 1 aromatic carbocycles. The fourth-order valence-electron chi connectivity index (χ4n) is 2.70. The number of nitrogens with two attached hydrogens (primary N) is 1. The summed E-state index contributed by atoms with van der Waals surface area (Å²) in [6.07, 6.45) is -0.0343. The van der Waals surface area contributed by atoms with Gasteiger partial charge < -0.3 is 4.74 Å². The molecule has 1 aromatic rings. The first-order valence-electron chi connectivity index (χ1n) is 7.91. The lowest BCUT2D eigenvalue weighted by Crippen LogP contribution is -2.45. The van der Waals surface area contributed by atoms with Crippen LogP contribution in [0.1, 0.15) is 45.1 Å². The van der Waals surface area contributed by atoms with Crippen LogP contribution in [0.15, 0.2) is 23.1 Å². The molecule has 0 aromatic heterocycles. The highest BCUT2D eigenvalue weighted by atomic mass is 32.2. The topological polar surface area (TPSA) is 107 Å². The van der Waals surface area contributed by atoms with Crippen LogP contribution in [-0.4, -0.2) is 40.8 Å².